The second-order valence-electron chi connectivity index (χ2n) is 8.23. The molecule has 0 atom stereocenters. The first-order chi connectivity index (χ1) is 18.7. The summed E-state index contributed by atoms with van der Waals surface area (Å²) in [5.41, 5.74) is 1.17. The van der Waals surface area contributed by atoms with E-state index in [9.17, 15) is 17.2 Å². The molecule has 4 heterocycles. The van der Waals surface area contributed by atoms with Crippen LogP contribution in [0.2, 0.25) is 0 Å². The number of aromatic amines is 1. The van der Waals surface area contributed by atoms with E-state index in [0.717, 1.165) is 25.4 Å². The van der Waals surface area contributed by atoms with Gasteiger partial charge in [0.2, 0.25) is 5.88 Å². The van der Waals surface area contributed by atoms with Crippen molar-refractivity contribution in [3.8, 4) is 22.8 Å². The maximum Gasteiger partial charge on any atom is 0.267 e. The number of anilines is 1. The normalized spacial score (nSPS) is 11.5. The Morgan fingerprint density at radius 1 is 1.08 bits per heavy atom. The number of nitrogens with one attached hydrogen (secondary N) is 2. The second-order valence-corrected chi connectivity index (χ2v) is 9.88. The molecule has 0 aliphatic carbocycles. The van der Waals surface area contributed by atoms with E-state index in [1.165, 1.54) is 6.20 Å². The summed E-state index contributed by atoms with van der Waals surface area (Å²) in [6.45, 7) is 1.17. The highest BCUT2D eigenvalue weighted by Gasteiger charge is 2.25. The highest BCUT2D eigenvalue weighted by molar-refractivity contribution is 7.92. The van der Waals surface area contributed by atoms with Crippen molar-refractivity contribution < 1.29 is 31.1 Å². The minimum absolute atomic E-state index is 0.195. The van der Waals surface area contributed by atoms with Crippen LogP contribution in [0.15, 0.2) is 60.0 Å². The summed E-state index contributed by atoms with van der Waals surface area (Å²) >= 11 is 0. The zero-order chi connectivity index (χ0) is 27.7. The lowest BCUT2D eigenvalue weighted by Gasteiger charge is -2.15. The van der Waals surface area contributed by atoms with Crippen molar-refractivity contribution >= 4 is 26.7 Å². The van der Waals surface area contributed by atoms with Gasteiger partial charge >= 0.3 is 0 Å². The third-order valence-electron chi connectivity index (χ3n) is 5.75. The second kappa shape index (κ2) is 10.2. The van der Waals surface area contributed by atoms with Gasteiger partial charge in [-0.05, 0) is 25.1 Å². The van der Waals surface area contributed by atoms with Crippen LogP contribution in [0.1, 0.15) is 11.3 Å². The van der Waals surface area contributed by atoms with Crippen molar-refractivity contribution in [2.45, 2.75) is 18.4 Å². The molecule has 0 bridgehead atoms. The molecule has 0 saturated heterocycles. The summed E-state index contributed by atoms with van der Waals surface area (Å²) < 4.78 is 82.3. The predicted molar refractivity (Wildman–Crippen MR) is 134 cm³/mol. The molecule has 0 amide bonds. The van der Waals surface area contributed by atoms with Crippen LogP contribution in [0.5, 0.6) is 11.6 Å². The zero-order valence-electron chi connectivity index (χ0n) is 20.4. The van der Waals surface area contributed by atoms with Gasteiger partial charge in [-0.25, -0.2) is 31.6 Å². The number of fused-ring (bicyclic) bond motifs is 1. The minimum atomic E-state index is -4.57. The Morgan fingerprint density at radius 3 is 2.64 bits per heavy atom. The van der Waals surface area contributed by atoms with Gasteiger partial charge in [-0.15, -0.1) is 0 Å². The zero-order valence-corrected chi connectivity index (χ0v) is 21.2. The Morgan fingerprint density at radius 2 is 1.90 bits per heavy atom. The fraction of sp³-hybridized carbons (Fsp3) is 0.120. The highest BCUT2D eigenvalue weighted by Crippen LogP contribution is 2.37. The number of halogens is 3. The van der Waals surface area contributed by atoms with Crippen LogP contribution in [-0.4, -0.2) is 40.7 Å². The van der Waals surface area contributed by atoms with Crippen LogP contribution in [0.3, 0.4) is 0 Å². The molecular formula is C25H19F3N6O4S. The number of H-pyrrole nitrogens is 1. The summed E-state index contributed by atoms with van der Waals surface area (Å²) in [5, 5.41) is 7.64. The minimum Gasteiger partial charge on any atom is -0.486 e. The molecule has 39 heavy (non-hydrogen) atoms. The van der Waals surface area contributed by atoms with Gasteiger partial charge in [0.05, 0.1) is 36.1 Å². The Hall–Kier alpha value is -4.72. The molecule has 1 aromatic carbocycles. The van der Waals surface area contributed by atoms with Crippen molar-refractivity contribution in [3.63, 3.8) is 0 Å². The molecule has 0 fully saturated rings. The summed E-state index contributed by atoms with van der Waals surface area (Å²) in [6.07, 6.45) is 5.33. The molecule has 0 saturated carbocycles. The number of aromatic nitrogens is 5. The average molecular weight is 557 g/mol. The summed E-state index contributed by atoms with van der Waals surface area (Å²) in [6, 6.07) is 5.95. The molecule has 4 aromatic heterocycles. The van der Waals surface area contributed by atoms with Gasteiger partial charge in [0.1, 0.15) is 24.0 Å². The van der Waals surface area contributed by atoms with Crippen molar-refractivity contribution in [2.24, 2.45) is 0 Å². The van der Waals surface area contributed by atoms with Crippen molar-refractivity contribution in [1.29, 1.82) is 0 Å². The van der Waals surface area contributed by atoms with Crippen LogP contribution in [0, 0.1) is 24.4 Å². The number of benzene rings is 1. The standard InChI is InChI=1S/C25H19F3N6O4S/c1-13-21-22(14-4-3-7-29-9-14)19(11-30-24(21)33-32-13)38-12-16-17(27)5-6-18(23(16)28)34-39(35,36)20-8-15(26)10-31-25(20)37-2/h3-11,34H,12H2,1-2H3,(H,30,32,33). The maximum absolute atomic E-state index is 15.4. The average Bonchev–Trinajstić information content (AvgIpc) is 3.31. The first kappa shape index (κ1) is 25.9. The molecule has 0 unspecified atom stereocenters. The first-order valence-electron chi connectivity index (χ1n) is 11.3. The number of hydrogen-bond donors (Lipinski definition) is 2. The van der Waals surface area contributed by atoms with Gasteiger partial charge in [-0.2, -0.15) is 5.10 Å². The quantitative estimate of drug-likeness (QED) is 0.285. The Kier molecular flexibility index (Phi) is 6.78. The summed E-state index contributed by atoms with van der Waals surface area (Å²) in [5.74, 6) is -3.36. The fourth-order valence-electron chi connectivity index (χ4n) is 3.94. The topological polar surface area (TPSA) is 132 Å². The van der Waals surface area contributed by atoms with E-state index in [1.54, 1.807) is 31.5 Å². The Balaban J connectivity index is 1.50. The van der Waals surface area contributed by atoms with E-state index in [-0.39, 0.29) is 5.75 Å². The number of methoxy groups -OCH3 is 1. The van der Waals surface area contributed by atoms with E-state index in [1.807, 2.05) is 4.72 Å². The van der Waals surface area contributed by atoms with Gasteiger partial charge in [0, 0.05) is 35.3 Å². The van der Waals surface area contributed by atoms with E-state index in [4.69, 9.17) is 9.47 Å². The fourth-order valence-corrected chi connectivity index (χ4v) is 5.13. The number of rotatable bonds is 8. The van der Waals surface area contributed by atoms with Crippen LogP contribution in [0.4, 0.5) is 18.9 Å². The van der Waals surface area contributed by atoms with Crippen molar-refractivity contribution in [3.05, 3.63) is 83.8 Å². The van der Waals surface area contributed by atoms with Gasteiger partial charge < -0.3 is 9.47 Å². The number of sulfonamides is 1. The third kappa shape index (κ3) is 4.93. The van der Waals surface area contributed by atoms with E-state index >= 15 is 4.39 Å². The SMILES string of the molecule is COc1ncc(F)cc1S(=O)(=O)Nc1ccc(F)c(COc2cnc3n[nH]c(C)c3c2-c2cccnc2)c1F. The summed E-state index contributed by atoms with van der Waals surface area (Å²) in [7, 11) is -3.43. The lowest BCUT2D eigenvalue weighted by molar-refractivity contribution is 0.293. The number of aryl methyl sites for hydroxylation is 1. The molecule has 5 rings (SSSR count). The molecule has 0 radical (unpaired) electrons. The van der Waals surface area contributed by atoms with Crippen LogP contribution in [-0.2, 0) is 16.6 Å². The molecule has 2 N–H and O–H groups in total. The molecular weight excluding hydrogens is 537 g/mol. The van der Waals surface area contributed by atoms with Crippen LogP contribution >= 0.6 is 0 Å². The van der Waals surface area contributed by atoms with Gasteiger partial charge in [-0.1, -0.05) is 6.07 Å². The number of pyridine rings is 3. The van der Waals surface area contributed by atoms with E-state index < -0.39 is 56.1 Å². The number of hydrogen-bond acceptors (Lipinski definition) is 8. The largest absolute Gasteiger partial charge is 0.486 e. The molecule has 5 aromatic rings. The Labute approximate surface area is 219 Å². The van der Waals surface area contributed by atoms with E-state index in [2.05, 4.69) is 25.1 Å². The third-order valence-corrected chi connectivity index (χ3v) is 7.11. The molecule has 0 spiro atoms. The lowest BCUT2D eigenvalue weighted by Crippen LogP contribution is -2.17. The molecule has 10 nitrogen and oxygen atoms in total. The van der Waals surface area contributed by atoms with Gasteiger partial charge in [0.25, 0.3) is 10.0 Å². The van der Waals surface area contributed by atoms with E-state index in [0.29, 0.717) is 33.9 Å². The smallest absolute Gasteiger partial charge is 0.267 e. The molecule has 0 aliphatic rings. The predicted octanol–water partition coefficient (Wildman–Crippen LogP) is 4.53. The lowest BCUT2D eigenvalue weighted by atomic mass is 10.0. The Bertz CT molecular complexity index is 1800. The molecule has 14 heteroatoms. The van der Waals surface area contributed by atoms with Crippen LogP contribution < -0.4 is 14.2 Å². The van der Waals surface area contributed by atoms with Gasteiger partial charge in [-0.3, -0.25) is 14.8 Å². The highest BCUT2D eigenvalue weighted by atomic mass is 32.2. The molecule has 0 aliphatic heterocycles. The monoisotopic (exact) mass is 556 g/mol. The van der Waals surface area contributed by atoms with Gasteiger partial charge in [0.15, 0.2) is 16.4 Å². The maximum atomic E-state index is 15.4. The number of nitrogens with zero attached hydrogens (tertiary/aromatic N) is 4. The first-order valence-corrected chi connectivity index (χ1v) is 12.7. The molecule has 200 valence electrons. The van der Waals surface area contributed by atoms with Crippen molar-refractivity contribution in [1.82, 2.24) is 25.1 Å². The van der Waals surface area contributed by atoms with Crippen LogP contribution in [0.25, 0.3) is 22.2 Å². The number of ether oxygens (including phenoxy) is 2. The summed E-state index contributed by atoms with van der Waals surface area (Å²) in [4.78, 5) is 11.3. The van der Waals surface area contributed by atoms with Crippen molar-refractivity contribution in [2.75, 3.05) is 11.8 Å².